The van der Waals surface area contributed by atoms with Gasteiger partial charge in [0.1, 0.15) is 12.2 Å². The second-order valence-electron chi connectivity index (χ2n) is 5.65. The molecule has 1 aromatic rings. The number of nitrogens with two attached hydrogens (primary N) is 2. The third-order valence-corrected chi connectivity index (χ3v) is 4.28. The predicted molar refractivity (Wildman–Crippen MR) is 77.2 cm³/mol. The minimum absolute atomic E-state index is 0.437. The van der Waals surface area contributed by atoms with Gasteiger partial charge >= 0.3 is 0 Å². The molecule has 0 amide bonds. The lowest BCUT2D eigenvalue weighted by Gasteiger charge is -2.30. The van der Waals surface area contributed by atoms with Crippen molar-refractivity contribution >= 4 is 17.9 Å². The number of nitrogens with one attached hydrogen (secondary N) is 1. The van der Waals surface area contributed by atoms with Gasteiger partial charge in [0.15, 0.2) is 0 Å². The van der Waals surface area contributed by atoms with Crippen LogP contribution < -0.4 is 11.6 Å². The normalized spacial score (nSPS) is 29.3. The molecule has 0 atom stereocenters. The van der Waals surface area contributed by atoms with E-state index in [1.165, 1.54) is 12.8 Å². The van der Waals surface area contributed by atoms with Crippen molar-refractivity contribution in [2.45, 2.75) is 32.6 Å². The maximum atomic E-state index is 6.42. The van der Waals surface area contributed by atoms with E-state index in [1.54, 1.807) is 11.3 Å². The second-order valence-corrected chi connectivity index (χ2v) is 5.65. The number of allylic oxidation sites excluding steroid dienone is 1. The Kier molecular flexibility index (Phi) is 3.06. The summed E-state index contributed by atoms with van der Waals surface area (Å²) in [6.45, 7) is 2.31. The second kappa shape index (κ2) is 4.74. The fourth-order valence-corrected chi connectivity index (χ4v) is 3.04. The fraction of sp³-hybridized carbons (Fsp3) is 0.500. The van der Waals surface area contributed by atoms with Crippen molar-refractivity contribution in [2.24, 2.45) is 28.4 Å². The Hall–Kier alpha value is -1.75. The number of aromatic amines is 1. The van der Waals surface area contributed by atoms with Gasteiger partial charge in [0.25, 0.3) is 0 Å². The lowest BCUT2D eigenvalue weighted by atomic mass is 9.80. The number of fused-ring (bicyclic) bond motifs is 1. The Bertz CT molecular complexity index is 520. The van der Waals surface area contributed by atoms with E-state index in [0.717, 1.165) is 41.5 Å². The maximum Gasteiger partial charge on any atom is 0.141 e. The highest BCUT2D eigenvalue weighted by atomic mass is 15.4. The molecular weight excluding hydrogens is 238 g/mol. The van der Waals surface area contributed by atoms with Crippen LogP contribution in [0, 0.1) is 11.8 Å². The summed E-state index contributed by atoms with van der Waals surface area (Å²) < 4.78 is 0. The zero-order valence-electron chi connectivity index (χ0n) is 11.3. The zero-order chi connectivity index (χ0) is 13.4. The van der Waals surface area contributed by atoms with Crippen LogP contribution in [0.4, 0.5) is 5.82 Å². The number of rotatable bonds is 1. The van der Waals surface area contributed by atoms with Crippen LogP contribution in [0.15, 0.2) is 23.0 Å². The van der Waals surface area contributed by atoms with E-state index in [2.05, 4.69) is 16.9 Å². The molecule has 1 saturated carbocycles. The van der Waals surface area contributed by atoms with Gasteiger partial charge in [0.05, 0.1) is 5.70 Å². The minimum atomic E-state index is 0.437. The number of hydrogen-bond acceptors (Lipinski definition) is 4. The molecule has 5 nitrogen and oxygen atoms in total. The number of hydrazine groups is 1. The van der Waals surface area contributed by atoms with E-state index in [1.807, 2.05) is 12.3 Å². The highest BCUT2D eigenvalue weighted by molar-refractivity contribution is 5.86. The Morgan fingerprint density at radius 2 is 2.11 bits per heavy atom. The predicted octanol–water partition coefficient (Wildman–Crippen LogP) is 2.32. The van der Waals surface area contributed by atoms with Gasteiger partial charge < -0.3 is 10.7 Å². The lowest BCUT2D eigenvalue weighted by molar-refractivity contribution is 0.317. The van der Waals surface area contributed by atoms with E-state index in [-0.39, 0.29) is 0 Å². The van der Waals surface area contributed by atoms with E-state index < -0.39 is 0 Å². The molecule has 0 spiro atoms. The summed E-state index contributed by atoms with van der Waals surface area (Å²) in [4.78, 5) is 7.36. The number of aromatic nitrogens is 1. The van der Waals surface area contributed by atoms with Crippen LogP contribution in [0.2, 0.25) is 0 Å². The SMILES string of the molecule is CC1CCC(/C(N)=C2\c3cc[nH]c3N=CN2N)CC1. The first-order valence-corrected chi connectivity index (χ1v) is 6.92. The first kappa shape index (κ1) is 12.3. The topological polar surface area (TPSA) is 83.4 Å². The van der Waals surface area contributed by atoms with Gasteiger partial charge in [-0.2, -0.15) is 0 Å². The van der Waals surface area contributed by atoms with Crippen molar-refractivity contribution in [3.05, 3.63) is 23.5 Å². The molecule has 0 unspecified atom stereocenters. The van der Waals surface area contributed by atoms with Gasteiger partial charge in [-0.25, -0.2) is 10.8 Å². The average molecular weight is 259 g/mol. The highest BCUT2D eigenvalue weighted by Gasteiger charge is 2.26. The summed E-state index contributed by atoms with van der Waals surface area (Å²) in [7, 11) is 0. The van der Waals surface area contributed by atoms with Crippen molar-refractivity contribution in [3.8, 4) is 0 Å². The van der Waals surface area contributed by atoms with E-state index in [4.69, 9.17) is 11.6 Å². The minimum Gasteiger partial charge on any atom is -0.400 e. The molecule has 5 heteroatoms. The molecule has 1 fully saturated rings. The molecule has 0 radical (unpaired) electrons. The summed E-state index contributed by atoms with van der Waals surface area (Å²) in [5.74, 6) is 8.11. The van der Waals surface area contributed by atoms with Gasteiger partial charge in [0.2, 0.25) is 0 Å². The molecule has 0 saturated heterocycles. The van der Waals surface area contributed by atoms with E-state index in [9.17, 15) is 0 Å². The molecule has 2 heterocycles. The molecule has 1 aliphatic carbocycles. The Morgan fingerprint density at radius 1 is 1.37 bits per heavy atom. The molecule has 19 heavy (non-hydrogen) atoms. The van der Waals surface area contributed by atoms with Crippen LogP contribution >= 0.6 is 0 Å². The summed E-state index contributed by atoms with van der Waals surface area (Å²) in [5.41, 5.74) is 9.23. The zero-order valence-corrected chi connectivity index (χ0v) is 11.3. The van der Waals surface area contributed by atoms with Gasteiger partial charge in [0, 0.05) is 23.4 Å². The van der Waals surface area contributed by atoms with Crippen LogP contribution in [0.1, 0.15) is 38.2 Å². The molecule has 5 N–H and O–H groups in total. The Labute approximate surface area is 113 Å². The average Bonchev–Trinajstić information content (AvgIpc) is 2.87. The molecule has 1 aromatic heterocycles. The first-order chi connectivity index (χ1) is 9.16. The lowest BCUT2D eigenvalue weighted by Crippen LogP contribution is -2.33. The van der Waals surface area contributed by atoms with Crippen LogP contribution in [-0.2, 0) is 0 Å². The van der Waals surface area contributed by atoms with Gasteiger partial charge in [-0.05, 0) is 24.8 Å². The smallest absolute Gasteiger partial charge is 0.141 e. The Morgan fingerprint density at radius 3 is 2.84 bits per heavy atom. The molecule has 2 aliphatic rings. The van der Waals surface area contributed by atoms with Crippen LogP contribution in [0.25, 0.3) is 5.70 Å². The van der Waals surface area contributed by atoms with Crippen molar-refractivity contribution in [3.63, 3.8) is 0 Å². The fourth-order valence-electron chi connectivity index (χ4n) is 3.04. The van der Waals surface area contributed by atoms with Gasteiger partial charge in [-0.15, -0.1) is 0 Å². The molecule has 0 aromatic carbocycles. The van der Waals surface area contributed by atoms with Crippen molar-refractivity contribution < 1.29 is 0 Å². The summed E-state index contributed by atoms with van der Waals surface area (Å²) in [6, 6.07) is 1.99. The van der Waals surface area contributed by atoms with Crippen molar-refractivity contribution in [2.75, 3.05) is 0 Å². The number of nitrogens with zero attached hydrogens (tertiary/aromatic N) is 2. The quantitative estimate of drug-likeness (QED) is 0.677. The van der Waals surface area contributed by atoms with Crippen molar-refractivity contribution in [1.29, 1.82) is 0 Å². The Balaban J connectivity index is 1.95. The third kappa shape index (κ3) is 2.14. The van der Waals surface area contributed by atoms with Crippen LogP contribution in [0.5, 0.6) is 0 Å². The monoisotopic (exact) mass is 259 g/mol. The van der Waals surface area contributed by atoms with Crippen LogP contribution in [0.3, 0.4) is 0 Å². The summed E-state index contributed by atoms with van der Waals surface area (Å²) in [6.07, 6.45) is 8.29. The number of H-pyrrole nitrogens is 1. The summed E-state index contributed by atoms with van der Waals surface area (Å²) >= 11 is 0. The van der Waals surface area contributed by atoms with E-state index in [0.29, 0.717) is 5.92 Å². The number of aliphatic imine (C=N–C) groups is 1. The van der Waals surface area contributed by atoms with Gasteiger partial charge in [-0.1, -0.05) is 19.8 Å². The summed E-state index contributed by atoms with van der Waals surface area (Å²) in [5, 5.41) is 1.55. The largest absolute Gasteiger partial charge is 0.400 e. The standard InChI is InChI=1S/C14H21N5/c1-9-2-4-10(5-3-9)12(15)13-11-6-7-17-14(11)18-8-19(13)16/h6-10,17H,2-5,15-16H2,1H3/b13-12-. The van der Waals surface area contributed by atoms with Crippen LogP contribution in [-0.4, -0.2) is 16.3 Å². The molecule has 3 rings (SSSR count). The molecule has 0 bridgehead atoms. The van der Waals surface area contributed by atoms with Crippen molar-refractivity contribution in [1.82, 2.24) is 9.99 Å². The number of hydrogen-bond donors (Lipinski definition) is 3. The third-order valence-electron chi connectivity index (χ3n) is 4.28. The van der Waals surface area contributed by atoms with Gasteiger partial charge in [-0.3, -0.25) is 5.01 Å². The maximum absolute atomic E-state index is 6.42. The molecular formula is C14H21N5. The molecule has 102 valence electrons. The highest BCUT2D eigenvalue weighted by Crippen LogP contribution is 2.37. The first-order valence-electron chi connectivity index (χ1n) is 6.92. The van der Waals surface area contributed by atoms with E-state index >= 15 is 0 Å². The molecule has 1 aliphatic heterocycles.